The molecule has 0 saturated heterocycles. The Kier molecular flexibility index (Phi) is 4.98. The molecule has 0 bridgehead atoms. The van der Waals surface area contributed by atoms with Gasteiger partial charge in [0.2, 0.25) is 0 Å². The summed E-state index contributed by atoms with van der Waals surface area (Å²) in [5.74, 6) is 0. The fourth-order valence-electron chi connectivity index (χ4n) is 2.21. The van der Waals surface area contributed by atoms with Gasteiger partial charge in [0.1, 0.15) is 0 Å². The average Bonchev–Trinajstić information content (AvgIpc) is 2.42. The van der Waals surface area contributed by atoms with Crippen molar-refractivity contribution in [2.24, 2.45) is 0 Å². The number of hydrogen-bond acceptors (Lipinski definition) is 1. The molecule has 0 heterocycles. The molecule has 0 aliphatic rings. The van der Waals surface area contributed by atoms with Gasteiger partial charge in [-0.05, 0) is 34.2 Å². The molecule has 1 N–H and O–H groups in total. The Bertz CT molecular complexity index is 612. The predicted octanol–water partition coefficient (Wildman–Crippen LogP) is 5.57. The largest absolute Gasteiger partial charge is 0.388 e. The second kappa shape index (κ2) is 6.39. The lowest BCUT2D eigenvalue weighted by molar-refractivity contribution is 0.178. The highest BCUT2D eigenvalue weighted by Crippen LogP contribution is 2.27. The number of aliphatic hydroxyl groups is 1. The zero-order valence-electron chi connectivity index (χ0n) is 12.5. The topological polar surface area (TPSA) is 20.2 Å². The van der Waals surface area contributed by atoms with Gasteiger partial charge in [0.25, 0.3) is 0 Å². The van der Waals surface area contributed by atoms with E-state index in [9.17, 15) is 5.11 Å². The fraction of sp³-hybridized carbons (Fsp3) is 0.333. The average molecular weight is 323 g/mol. The summed E-state index contributed by atoms with van der Waals surface area (Å²) in [6, 6.07) is 13.6. The summed E-state index contributed by atoms with van der Waals surface area (Å²) in [4.78, 5) is 0. The van der Waals surface area contributed by atoms with Crippen LogP contribution in [0.4, 0.5) is 0 Å². The van der Waals surface area contributed by atoms with Gasteiger partial charge < -0.3 is 5.11 Å². The third-order valence-corrected chi connectivity index (χ3v) is 4.31. The maximum atomic E-state index is 10.4. The highest BCUT2D eigenvalue weighted by atomic mass is 35.5. The summed E-state index contributed by atoms with van der Waals surface area (Å²) in [6.07, 6.45) is -0.0255. The Labute approximate surface area is 136 Å². The summed E-state index contributed by atoms with van der Waals surface area (Å²) >= 11 is 11.9. The monoisotopic (exact) mass is 322 g/mol. The predicted molar refractivity (Wildman–Crippen MR) is 90.3 cm³/mol. The first-order valence-electron chi connectivity index (χ1n) is 7.00. The van der Waals surface area contributed by atoms with E-state index in [1.807, 2.05) is 18.2 Å². The van der Waals surface area contributed by atoms with Gasteiger partial charge in [0.15, 0.2) is 0 Å². The fourth-order valence-corrected chi connectivity index (χ4v) is 2.53. The Morgan fingerprint density at radius 3 is 2.10 bits per heavy atom. The molecular weight excluding hydrogens is 303 g/mol. The van der Waals surface area contributed by atoms with Crippen LogP contribution in [0.2, 0.25) is 10.0 Å². The number of halogens is 2. The van der Waals surface area contributed by atoms with E-state index in [4.69, 9.17) is 23.2 Å². The molecule has 112 valence electrons. The molecule has 1 nitrogen and oxygen atoms in total. The smallest absolute Gasteiger partial charge is 0.0830 e. The van der Waals surface area contributed by atoms with Crippen LogP contribution in [0.5, 0.6) is 0 Å². The van der Waals surface area contributed by atoms with E-state index < -0.39 is 6.10 Å². The number of aliphatic hydroxyl groups excluding tert-OH is 1. The van der Waals surface area contributed by atoms with E-state index in [1.54, 1.807) is 12.1 Å². The Hall–Kier alpha value is -1.02. The van der Waals surface area contributed by atoms with Gasteiger partial charge in [-0.25, -0.2) is 0 Å². The van der Waals surface area contributed by atoms with E-state index in [-0.39, 0.29) is 5.41 Å². The molecule has 0 saturated carbocycles. The summed E-state index contributed by atoms with van der Waals surface area (Å²) in [5, 5.41) is 11.4. The molecule has 0 spiro atoms. The summed E-state index contributed by atoms with van der Waals surface area (Å²) in [5.41, 5.74) is 3.26. The molecule has 2 aromatic rings. The molecule has 0 aromatic heterocycles. The maximum Gasteiger partial charge on any atom is 0.0830 e. The normalized spacial score (nSPS) is 13.2. The van der Waals surface area contributed by atoms with E-state index in [2.05, 4.69) is 32.9 Å². The van der Waals surface area contributed by atoms with E-state index in [1.165, 1.54) is 5.56 Å². The van der Waals surface area contributed by atoms with Crippen LogP contribution in [0, 0.1) is 0 Å². The third kappa shape index (κ3) is 4.23. The molecule has 0 aliphatic heterocycles. The number of hydrogen-bond donors (Lipinski definition) is 1. The van der Waals surface area contributed by atoms with E-state index in [0.717, 1.165) is 11.1 Å². The van der Waals surface area contributed by atoms with Crippen molar-refractivity contribution in [3.63, 3.8) is 0 Å². The second-order valence-corrected chi connectivity index (χ2v) is 7.15. The molecule has 21 heavy (non-hydrogen) atoms. The van der Waals surface area contributed by atoms with Gasteiger partial charge in [-0.3, -0.25) is 0 Å². The van der Waals surface area contributed by atoms with Crippen molar-refractivity contribution in [3.05, 3.63) is 69.2 Å². The van der Waals surface area contributed by atoms with Gasteiger partial charge in [-0.15, -0.1) is 0 Å². The quantitative estimate of drug-likeness (QED) is 0.783. The van der Waals surface area contributed by atoms with Crippen LogP contribution in [-0.4, -0.2) is 5.11 Å². The van der Waals surface area contributed by atoms with Gasteiger partial charge >= 0.3 is 0 Å². The highest BCUT2D eigenvalue weighted by Gasteiger charge is 2.15. The van der Waals surface area contributed by atoms with Crippen LogP contribution >= 0.6 is 23.2 Å². The SMILES string of the molecule is CC(C)(C)c1ccc(C(O)Cc2ccc(Cl)c(Cl)c2)cc1. The van der Waals surface area contributed by atoms with Gasteiger partial charge in [-0.1, -0.05) is 74.3 Å². The standard InChI is InChI=1S/C18H20Cl2O/c1-18(2,3)14-7-5-13(6-8-14)17(21)11-12-4-9-15(19)16(20)10-12/h4-10,17,21H,11H2,1-3H3. The van der Waals surface area contributed by atoms with Gasteiger partial charge in [-0.2, -0.15) is 0 Å². The van der Waals surface area contributed by atoms with Crippen molar-refractivity contribution in [2.75, 3.05) is 0 Å². The molecule has 0 fully saturated rings. The first-order valence-corrected chi connectivity index (χ1v) is 7.75. The lowest BCUT2D eigenvalue weighted by Crippen LogP contribution is -2.11. The summed E-state index contributed by atoms with van der Waals surface area (Å²) in [7, 11) is 0. The van der Waals surface area contributed by atoms with E-state index >= 15 is 0 Å². The molecule has 3 heteroatoms. The third-order valence-electron chi connectivity index (χ3n) is 3.57. The first kappa shape index (κ1) is 16.4. The highest BCUT2D eigenvalue weighted by molar-refractivity contribution is 6.42. The van der Waals surface area contributed by atoms with Crippen LogP contribution in [0.1, 0.15) is 43.6 Å². The molecule has 0 radical (unpaired) electrons. The molecule has 1 atom stereocenters. The van der Waals surface area contributed by atoms with Crippen LogP contribution in [0.15, 0.2) is 42.5 Å². The van der Waals surface area contributed by atoms with Crippen molar-refractivity contribution in [1.82, 2.24) is 0 Å². The molecule has 1 unspecified atom stereocenters. The summed E-state index contributed by atoms with van der Waals surface area (Å²) in [6.45, 7) is 6.52. The van der Waals surface area contributed by atoms with Crippen molar-refractivity contribution in [3.8, 4) is 0 Å². The first-order chi connectivity index (χ1) is 9.77. The summed E-state index contributed by atoms with van der Waals surface area (Å²) < 4.78 is 0. The minimum absolute atomic E-state index is 0.118. The second-order valence-electron chi connectivity index (χ2n) is 6.34. The zero-order chi connectivity index (χ0) is 15.6. The van der Waals surface area contributed by atoms with E-state index in [0.29, 0.717) is 16.5 Å². The van der Waals surface area contributed by atoms with Crippen LogP contribution in [0.25, 0.3) is 0 Å². The molecule has 0 aliphatic carbocycles. The van der Waals surface area contributed by atoms with Crippen LogP contribution in [0.3, 0.4) is 0 Å². The minimum Gasteiger partial charge on any atom is -0.388 e. The molecular formula is C18H20Cl2O. The van der Waals surface area contributed by atoms with Crippen molar-refractivity contribution >= 4 is 23.2 Å². The van der Waals surface area contributed by atoms with Gasteiger partial charge in [0.05, 0.1) is 16.1 Å². The van der Waals surface area contributed by atoms with Crippen LogP contribution in [-0.2, 0) is 11.8 Å². The maximum absolute atomic E-state index is 10.4. The number of rotatable bonds is 3. The van der Waals surface area contributed by atoms with Crippen molar-refractivity contribution in [2.45, 2.75) is 38.7 Å². The van der Waals surface area contributed by atoms with Crippen LogP contribution < -0.4 is 0 Å². The Morgan fingerprint density at radius 2 is 1.57 bits per heavy atom. The molecule has 2 aromatic carbocycles. The lowest BCUT2D eigenvalue weighted by Gasteiger charge is -2.20. The Balaban J connectivity index is 2.13. The molecule has 2 rings (SSSR count). The molecule has 0 amide bonds. The van der Waals surface area contributed by atoms with Crippen molar-refractivity contribution < 1.29 is 5.11 Å². The van der Waals surface area contributed by atoms with Crippen molar-refractivity contribution in [1.29, 1.82) is 0 Å². The minimum atomic E-state index is -0.545. The lowest BCUT2D eigenvalue weighted by atomic mass is 9.86. The van der Waals surface area contributed by atoms with Gasteiger partial charge in [0, 0.05) is 6.42 Å². The zero-order valence-corrected chi connectivity index (χ0v) is 14.0. The Morgan fingerprint density at radius 1 is 0.952 bits per heavy atom. The number of benzene rings is 2.